The number of benzene rings is 1. The first-order chi connectivity index (χ1) is 17.9. The topological polar surface area (TPSA) is 98.6 Å². The Kier molecular flexibility index (Phi) is 5.81. The van der Waals surface area contributed by atoms with Crippen LogP contribution in [0.15, 0.2) is 29.3 Å². The van der Waals surface area contributed by atoms with Crippen molar-refractivity contribution in [2.24, 2.45) is 16.1 Å². The smallest absolute Gasteiger partial charge is 0.308 e. The van der Waals surface area contributed by atoms with Crippen molar-refractivity contribution in [2.75, 3.05) is 18.0 Å². The number of nitrogens with zero attached hydrogens (tertiary/aromatic N) is 5. The zero-order chi connectivity index (χ0) is 27.0. The van der Waals surface area contributed by atoms with E-state index >= 15 is 0 Å². The highest BCUT2D eigenvalue weighted by Crippen LogP contribution is 2.49. The first-order valence-electron chi connectivity index (χ1n) is 13.4. The highest BCUT2D eigenvalue weighted by atomic mass is 32.1. The number of carbonyl (C=O) groups is 1. The zero-order valence-corrected chi connectivity index (χ0v) is 23.9. The third kappa shape index (κ3) is 4.25. The lowest BCUT2D eigenvalue weighted by atomic mass is 9.61. The molecule has 1 aliphatic carbocycles. The van der Waals surface area contributed by atoms with Crippen LogP contribution in [0.3, 0.4) is 0 Å². The highest BCUT2D eigenvalue weighted by Gasteiger charge is 2.51. The molecule has 200 valence electrons. The number of hydrogen-bond donors (Lipinski definition) is 1. The van der Waals surface area contributed by atoms with Crippen LogP contribution >= 0.6 is 11.3 Å². The van der Waals surface area contributed by atoms with Crippen LogP contribution in [-0.2, 0) is 9.53 Å². The van der Waals surface area contributed by atoms with E-state index in [4.69, 9.17) is 15.5 Å². The summed E-state index contributed by atoms with van der Waals surface area (Å²) in [4.78, 5) is 21.8. The number of aromatic nitrogens is 3. The fourth-order valence-electron chi connectivity index (χ4n) is 6.15. The standard InChI is InChI=1S/C29H36N6O2S/c1-16-17(2)38-27-24(16)25(19-7-9-21(10-8-19)34-14-29(15-34)12-20(30)13-29)31-22(11-23(36)37-28(4,5)6)26-33-32-18(3)35(26)27/h7-10,20,22H,11-15,30H2,1-6H3/t22-/m0/s1. The Bertz CT molecular complexity index is 1430. The van der Waals surface area contributed by atoms with Crippen LogP contribution in [0.2, 0.25) is 0 Å². The van der Waals surface area contributed by atoms with E-state index in [1.54, 1.807) is 11.3 Å². The molecule has 0 amide bonds. The van der Waals surface area contributed by atoms with Gasteiger partial charge in [-0.05, 0) is 72.1 Å². The Labute approximate surface area is 227 Å². The van der Waals surface area contributed by atoms with Crippen molar-refractivity contribution < 1.29 is 9.53 Å². The van der Waals surface area contributed by atoms with Crippen LogP contribution in [-0.4, -0.2) is 51.2 Å². The SMILES string of the molecule is Cc1sc2c(c1C)C(c1ccc(N3CC4(CC(N)C4)C3)cc1)=N[C@@H](CC(=O)OC(C)(C)C)c1nnc(C)n1-2. The van der Waals surface area contributed by atoms with Gasteiger partial charge in [0.2, 0.25) is 0 Å². The average Bonchev–Trinajstić information content (AvgIpc) is 3.26. The summed E-state index contributed by atoms with van der Waals surface area (Å²) in [6, 6.07) is 8.57. The van der Waals surface area contributed by atoms with Crippen molar-refractivity contribution >= 4 is 28.7 Å². The molecule has 2 N–H and O–H groups in total. The largest absolute Gasteiger partial charge is 0.460 e. The lowest BCUT2D eigenvalue weighted by Gasteiger charge is -2.59. The van der Waals surface area contributed by atoms with Crippen LogP contribution in [0.25, 0.3) is 5.00 Å². The van der Waals surface area contributed by atoms with Gasteiger partial charge >= 0.3 is 5.97 Å². The van der Waals surface area contributed by atoms with E-state index in [2.05, 4.69) is 57.8 Å². The van der Waals surface area contributed by atoms with Crippen molar-refractivity contribution in [3.8, 4) is 5.00 Å². The Morgan fingerprint density at radius 2 is 1.82 bits per heavy atom. The van der Waals surface area contributed by atoms with E-state index in [1.807, 2.05) is 27.7 Å². The number of esters is 1. The van der Waals surface area contributed by atoms with Crippen molar-refractivity contribution in [3.05, 3.63) is 57.5 Å². The molecule has 2 aliphatic heterocycles. The summed E-state index contributed by atoms with van der Waals surface area (Å²) in [6.07, 6.45) is 2.38. The molecule has 1 saturated heterocycles. The molecular weight excluding hydrogens is 496 g/mol. The second kappa shape index (κ2) is 8.74. The molecule has 1 saturated carbocycles. The van der Waals surface area contributed by atoms with E-state index in [-0.39, 0.29) is 12.4 Å². The number of anilines is 1. The first kappa shape index (κ1) is 25.2. The number of aryl methyl sites for hydroxylation is 2. The van der Waals surface area contributed by atoms with E-state index in [0.29, 0.717) is 17.3 Å². The molecule has 1 spiro atoms. The van der Waals surface area contributed by atoms with Crippen LogP contribution in [0.1, 0.15) is 79.3 Å². The minimum absolute atomic E-state index is 0.0992. The van der Waals surface area contributed by atoms with Crippen molar-refractivity contribution in [1.82, 2.24) is 14.8 Å². The van der Waals surface area contributed by atoms with Crippen LogP contribution in [0.4, 0.5) is 5.69 Å². The molecule has 9 heteroatoms. The van der Waals surface area contributed by atoms with Crippen LogP contribution in [0, 0.1) is 26.2 Å². The van der Waals surface area contributed by atoms with E-state index in [9.17, 15) is 4.79 Å². The van der Waals surface area contributed by atoms with Gasteiger partial charge in [0.15, 0.2) is 5.82 Å². The molecule has 4 heterocycles. The third-order valence-corrected chi connectivity index (χ3v) is 9.16. The van der Waals surface area contributed by atoms with Crippen LogP contribution < -0.4 is 10.6 Å². The maximum absolute atomic E-state index is 12.9. The quantitative estimate of drug-likeness (QED) is 0.485. The minimum Gasteiger partial charge on any atom is -0.460 e. The molecule has 1 atom stereocenters. The van der Waals surface area contributed by atoms with Gasteiger partial charge in [-0.1, -0.05) is 12.1 Å². The Balaban J connectivity index is 1.38. The predicted octanol–water partition coefficient (Wildman–Crippen LogP) is 4.81. The van der Waals surface area contributed by atoms with Gasteiger partial charge in [0.25, 0.3) is 0 Å². The predicted molar refractivity (Wildman–Crippen MR) is 151 cm³/mol. The Morgan fingerprint density at radius 3 is 2.45 bits per heavy atom. The monoisotopic (exact) mass is 532 g/mol. The molecular formula is C29H36N6O2S. The van der Waals surface area contributed by atoms with E-state index in [1.165, 1.54) is 16.1 Å². The molecule has 6 rings (SSSR count). The molecule has 8 nitrogen and oxygen atoms in total. The van der Waals surface area contributed by atoms with Gasteiger partial charge in [-0.3, -0.25) is 14.4 Å². The Hall–Kier alpha value is -3.04. The minimum atomic E-state index is -0.569. The van der Waals surface area contributed by atoms with Crippen LogP contribution in [0.5, 0.6) is 0 Å². The molecule has 1 aromatic carbocycles. The zero-order valence-electron chi connectivity index (χ0n) is 23.0. The van der Waals surface area contributed by atoms with Gasteiger partial charge in [-0.15, -0.1) is 21.5 Å². The molecule has 0 unspecified atom stereocenters. The first-order valence-corrected chi connectivity index (χ1v) is 14.2. The second-order valence-corrected chi connectivity index (χ2v) is 13.5. The summed E-state index contributed by atoms with van der Waals surface area (Å²) in [5.41, 5.74) is 11.3. The number of fused-ring (bicyclic) bond motifs is 3. The number of carbonyl (C=O) groups excluding carboxylic acids is 1. The fourth-order valence-corrected chi connectivity index (χ4v) is 7.37. The van der Waals surface area contributed by atoms with Crippen molar-refractivity contribution in [3.63, 3.8) is 0 Å². The van der Waals surface area contributed by atoms with Crippen molar-refractivity contribution in [1.29, 1.82) is 0 Å². The average molecular weight is 533 g/mol. The molecule has 38 heavy (non-hydrogen) atoms. The lowest BCUT2D eigenvalue weighted by Crippen LogP contribution is -2.65. The summed E-state index contributed by atoms with van der Waals surface area (Å²) >= 11 is 1.72. The normalized spacial score (nSPS) is 20.2. The lowest BCUT2D eigenvalue weighted by molar-refractivity contribution is -0.155. The summed E-state index contributed by atoms with van der Waals surface area (Å²) in [5, 5.41) is 9.91. The molecule has 3 aliphatic rings. The number of hydrogen-bond acceptors (Lipinski definition) is 8. The second-order valence-electron chi connectivity index (χ2n) is 12.3. The van der Waals surface area contributed by atoms with Crippen molar-refractivity contribution in [2.45, 2.75) is 78.5 Å². The van der Waals surface area contributed by atoms with Gasteiger partial charge in [0, 0.05) is 46.2 Å². The van der Waals surface area contributed by atoms with E-state index in [0.717, 1.165) is 53.6 Å². The number of thiophene rings is 1. The summed E-state index contributed by atoms with van der Waals surface area (Å²) in [7, 11) is 0. The van der Waals surface area contributed by atoms with Gasteiger partial charge in [-0.25, -0.2) is 0 Å². The maximum atomic E-state index is 12.9. The number of rotatable bonds is 4. The van der Waals surface area contributed by atoms with Gasteiger partial charge in [0.05, 0.1) is 12.1 Å². The molecule has 2 fully saturated rings. The van der Waals surface area contributed by atoms with Gasteiger partial charge < -0.3 is 15.4 Å². The molecule has 0 radical (unpaired) electrons. The number of nitrogens with two attached hydrogens (primary N) is 1. The summed E-state index contributed by atoms with van der Waals surface area (Å²) < 4.78 is 7.74. The fraction of sp³-hybridized carbons (Fsp3) is 0.517. The molecule has 0 bridgehead atoms. The Morgan fingerprint density at radius 1 is 1.13 bits per heavy atom. The molecule has 2 aromatic heterocycles. The summed E-state index contributed by atoms with van der Waals surface area (Å²) in [5.74, 6) is 1.16. The summed E-state index contributed by atoms with van der Waals surface area (Å²) in [6.45, 7) is 14.0. The third-order valence-electron chi connectivity index (χ3n) is 7.97. The van der Waals surface area contributed by atoms with Gasteiger partial charge in [-0.2, -0.15) is 0 Å². The molecule has 3 aromatic rings. The van der Waals surface area contributed by atoms with E-state index < -0.39 is 11.6 Å². The maximum Gasteiger partial charge on any atom is 0.308 e. The highest BCUT2D eigenvalue weighted by molar-refractivity contribution is 7.15. The number of aliphatic imine (C=N–C) groups is 1. The number of ether oxygens (including phenoxy) is 1. The van der Waals surface area contributed by atoms with Gasteiger partial charge in [0.1, 0.15) is 22.5 Å².